The number of hydrogen-bond acceptors (Lipinski definition) is 0. The molecule has 1 saturated carbocycles. The Morgan fingerprint density at radius 1 is 1.18 bits per heavy atom. The van der Waals surface area contributed by atoms with Crippen LogP contribution in [0.2, 0.25) is 0 Å². The molecule has 22 heavy (non-hydrogen) atoms. The summed E-state index contributed by atoms with van der Waals surface area (Å²) >= 11 is 0. The molecule has 0 aromatic heterocycles. The molecule has 0 nitrogen and oxygen atoms in total. The monoisotopic (exact) mass is 292 g/mol. The molecule has 0 bridgehead atoms. The summed E-state index contributed by atoms with van der Waals surface area (Å²) in [4.78, 5) is 0. The second-order valence-corrected chi connectivity index (χ2v) is 6.80. The molecule has 0 N–H and O–H groups in total. The zero-order valence-electron chi connectivity index (χ0n) is 13.9. The molecule has 0 radical (unpaired) electrons. The van der Waals surface area contributed by atoms with E-state index in [1.165, 1.54) is 72.8 Å². The number of unbranched alkanes of at least 4 members (excludes halogenated alkanes) is 3. The molecule has 0 spiro atoms. The van der Waals surface area contributed by atoms with Crippen molar-refractivity contribution >= 4 is 5.57 Å². The first-order valence-corrected chi connectivity index (χ1v) is 8.97. The average Bonchev–Trinajstić information content (AvgIpc) is 3.10. The molecule has 0 heteroatoms. The smallest absolute Gasteiger partial charge is 0.00821 e. The van der Waals surface area contributed by atoms with Crippen molar-refractivity contribution in [3.05, 3.63) is 65.3 Å². The van der Waals surface area contributed by atoms with E-state index < -0.39 is 0 Å². The minimum Gasteiger partial charge on any atom is -0.0953 e. The van der Waals surface area contributed by atoms with Crippen LogP contribution in [0.1, 0.15) is 63.0 Å². The van der Waals surface area contributed by atoms with Crippen molar-refractivity contribution in [3.8, 4) is 0 Å². The van der Waals surface area contributed by atoms with Crippen molar-refractivity contribution in [2.45, 2.75) is 58.3 Å². The van der Waals surface area contributed by atoms with E-state index in [1.807, 2.05) is 0 Å². The fourth-order valence-corrected chi connectivity index (χ4v) is 3.86. The second-order valence-electron chi connectivity index (χ2n) is 6.80. The van der Waals surface area contributed by atoms with Crippen LogP contribution in [0, 0.1) is 5.92 Å². The number of fused-ring (bicyclic) bond motifs is 1. The highest BCUT2D eigenvalue weighted by Crippen LogP contribution is 2.40. The molecule has 1 unspecified atom stereocenters. The van der Waals surface area contributed by atoms with Crippen LogP contribution in [0.25, 0.3) is 5.57 Å². The molecule has 0 aliphatic heterocycles. The minimum atomic E-state index is 0.736. The molecule has 116 valence electrons. The summed E-state index contributed by atoms with van der Waals surface area (Å²) in [5.41, 5.74) is 7.23. The third-order valence-electron chi connectivity index (χ3n) is 5.27. The predicted molar refractivity (Wildman–Crippen MR) is 96.8 cm³/mol. The Balaban J connectivity index is 1.63. The minimum absolute atomic E-state index is 0.736. The van der Waals surface area contributed by atoms with Gasteiger partial charge < -0.3 is 0 Å². The lowest BCUT2D eigenvalue weighted by atomic mass is 9.94. The van der Waals surface area contributed by atoms with Gasteiger partial charge in [-0.2, -0.15) is 0 Å². The summed E-state index contributed by atoms with van der Waals surface area (Å²) in [6, 6.07) is 8.79. The Morgan fingerprint density at radius 2 is 2.05 bits per heavy atom. The van der Waals surface area contributed by atoms with Crippen molar-refractivity contribution in [1.82, 2.24) is 0 Å². The number of allylic oxidation sites excluding steroid dienone is 5. The Morgan fingerprint density at radius 3 is 2.91 bits per heavy atom. The zero-order valence-corrected chi connectivity index (χ0v) is 13.9. The van der Waals surface area contributed by atoms with Gasteiger partial charge in [0.15, 0.2) is 0 Å². The number of hydrogen-bond donors (Lipinski definition) is 0. The van der Waals surface area contributed by atoms with Crippen molar-refractivity contribution in [3.63, 3.8) is 0 Å². The Labute approximate surface area is 135 Å². The summed E-state index contributed by atoms with van der Waals surface area (Å²) in [7, 11) is 0. The van der Waals surface area contributed by atoms with Gasteiger partial charge in [0.05, 0.1) is 0 Å². The number of benzene rings is 1. The molecule has 1 atom stereocenters. The average molecular weight is 292 g/mol. The standard InChI is InChI=1S/C22H28/c1-3-4-5-6-9-18-12-14-20(17(18)2)16-21-15-13-19-10-7-8-11-22(19)21/h7-8,10-11,15-16,18H,2-6,9,12-14H2,1H3/b20-16+. The van der Waals surface area contributed by atoms with E-state index >= 15 is 0 Å². The van der Waals surface area contributed by atoms with Gasteiger partial charge in [-0.1, -0.05) is 75.6 Å². The van der Waals surface area contributed by atoms with Crippen LogP contribution >= 0.6 is 0 Å². The van der Waals surface area contributed by atoms with Crippen LogP contribution in [0.5, 0.6) is 0 Å². The summed E-state index contributed by atoms with van der Waals surface area (Å²) in [6.45, 7) is 6.70. The van der Waals surface area contributed by atoms with Crippen molar-refractivity contribution in [1.29, 1.82) is 0 Å². The van der Waals surface area contributed by atoms with Gasteiger partial charge in [0.25, 0.3) is 0 Å². The molecular weight excluding hydrogens is 264 g/mol. The van der Waals surface area contributed by atoms with E-state index in [1.54, 1.807) is 0 Å². The highest BCUT2D eigenvalue weighted by Gasteiger charge is 2.24. The van der Waals surface area contributed by atoms with E-state index in [0.29, 0.717) is 0 Å². The lowest BCUT2D eigenvalue weighted by molar-refractivity contribution is 0.519. The summed E-state index contributed by atoms with van der Waals surface area (Å²) in [5.74, 6) is 0.736. The molecule has 3 rings (SSSR count). The summed E-state index contributed by atoms with van der Waals surface area (Å²) < 4.78 is 0. The first-order chi connectivity index (χ1) is 10.8. The quantitative estimate of drug-likeness (QED) is 0.526. The first kappa shape index (κ1) is 15.3. The lowest BCUT2D eigenvalue weighted by Gasteiger charge is -2.11. The highest BCUT2D eigenvalue weighted by molar-refractivity contribution is 5.81. The molecule has 0 amide bonds. The molecule has 0 heterocycles. The molecule has 1 fully saturated rings. The highest BCUT2D eigenvalue weighted by atomic mass is 14.3. The Kier molecular flexibility index (Phi) is 4.97. The summed E-state index contributed by atoms with van der Waals surface area (Å²) in [6.07, 6.45) is 15.2. The Hall–Kier alpha value is -1.56. The van der Waals surface area contributed by atoms with Crippen LogP contribution in [-0.2, 0) is 6.42 Å². The zero-order chi connectivity index (χ0) is 15.4. The van der Waals surface area contributed by atoms with Crippen LogP contribution in [0.4, 0.5) is 0 Å². The second kappa shape index (κ2) is 7.13. The van der Waals surface area contributed by atoms with Crippen LogP contribution < -0.4 is 0 Å². The van der Waals surface area contributed by atoms with Crippen LogP contribution in [0.15, 0.2) is 54.1 Å². The molecule has 1 aromatic carbocycles. The number of rotatable bonds is 6. The van der Waals surface area contributed by atoms with Gasteiger partial charge in [-0.25, -0.2) is 0 Å². The maximum atomic E-state index is 4.42. The maximum absolute atomic E-state index is 4.42. The lowest BCUT2D eigenvalue weighted by Crippen LogP contribution is -1.96. The van der Waals surface area contributed by atoms with E-state index in [4.69, 9.17) is 0 Å². The molecule has 2 aliphatic rings. The van der Waals surface area contributed by atoms with E-state index in [2.05, 4.69) is 49.9 Å². The Bertz CT molecular complexity index is 600. The van der Waals surface area contributed by atoms with Gasteiger partial charge in [-0.05, 0) is 59.4 Å². The van der Waals surface area contributed by atoms with Crippen molar-refractivity contribution in [2.24, 2.45) is 5.92 Å². The largest absolute Gasteiger partial charge is 0.0953 e. The SMILES string of the molecule is C=C1/C(=C/C2=CCc3ccccc32)CCC1CCCCCC. The fraction of sp³-hybridized carbons (Fsp3) is 0.455. The fourth-order valence-electron chi connectivity index (χ4n) is 3.86. The van der Waals surface area contributed by atoms with Gasteiger partial charge in [-0.15, -0.1) is 0 Å². The summed E-state index contributed by atoms with van der Waals surface area (Å²) in [5, 5.41) is 0. The molecular formula is C22H28. The normalized spacial score (nSPS) is 22.2. The predicted octanol–water partition coefficient (Wildman–Crippen LogP) is 6.49. The van der Waals surface area contributed by atoms with Gasteiger partial charge in [0.1, 0.15) is 0 Å². The van der Waals surface area contributed by atoms with Crippen molar-refractivity contribution in [2.75, 3.05) is 0 Å². The van der Waals surface area contributed by atoms with E-state index in [9.17, 15) is 0 Å². The third-order valence-corrected chi connectivity index (χ3v) is 5.27. The molecule has 2 aliphatic carbocycles. The molecule has 1 aromatic rings. The molecule has 0 saturated heterocycles. The topological polar surface area (TPSA) is 0 Å². The van der Waals surface area contributed by atoms with Gasteiger partial charge in [0, 0.05) is 0 Å². The van der Waals surface area contributed by atoms with Crippen LogP contribution in [0.3, 0.4) is 0 Å². The van der Waals surface area contributed by atoms with Crippen LogP contribution in [-0.4, -0.2) is 0 Å². The van der Waals surface area contributed by atoms with E-state index in [0.717, 1.165) is 12.3 Å². The first-order valence-electron chi connectivity index (χ1n) is 8.97. The maximum Gasteiger partial charge on any atom is -0.00821 e. The van der Waals surface area contributed by atoms with Gasteiger partial charge in [0.2, 0.25) is 0 Å². The van der Waals surface area contributed by atoms with Gasteiger partial charge in [-0.3, -0.25) is 0 Å². The third kappa shape index (κ3) is 3.27. The van der Waals surface area contributed by atoms with Gasteiger partial charge >= 0.3 is 0 Å². The van der Waals surface area contributed by atoms with Crippen molar-refractivity contribution < 1.29 is 0 Å². The van der Waals surface area contributed by atoms with E-state index in [-0.39, 0.29) is 0 Å².